The van der Waals surface area contributed by atoms with E-state index in [1.54, 1.807) is 0 Å². The van der Waals surface area contributed by atoms with Crippen molar-refractivity contribution in [1.29, 1.82) is 5.26 Å². The van der Waals surface area contributed by atoms with E-state index in [2.05, 4.69) is 20.6 Å². The average Bonchev–Trinajstić information content (AvgIpc) is 3.15. The number of halogens is 4. The number of carbonyl (C=O) groups excluding carboxylic acids is 1. The van der Waals surface area contributed by atoms with E-state index < -0.39 is 34.8 Å². The van der Waals surface area contributed by atoms with Gasteiger partial charge < -0.3 is 10.4 Å². The molecule has 8 nitrogen and oxygen atoms in total. The first-order valence-electron chi connectivity index (χ1n) is 8.67. The molecular formula is C19H14F4N6O2. The van der Waals surface area contributed by atoms with Crippen LogP contribution in [0.25, 0.3) is 11.3 Å². The first kappa shape index (κ1) is 21.8. The molecule has 0 aliphatic carbocycles. The van der Waals surface area contributed by atoms with E-state index in [4.69, 9.17) is 5.26 Å². The van der Waals surface area contributed by atoms with Gasteiger partial charge in [0.05, 0.1) is 30.2 Å². The SMILES string of the molecule is C[C@](O)(Cn1cc(-c2ccc(F)cc2)nn1)C(=O)Nc1cnc(C#N)c(C(F)(F)F)c1. The molecule has 0 bridgehead atoms. The molecule has 1 amide bonds. The Balaban J connectivity index is 1.75. The molecule has 0 saturated carbocycles. The Kier molecular flexibility index (Phi) is 5.72. The fraction of sp³-hybridized carbons (Fsp3) is 0.211. The number of nitriles is 1. The molecule has 0 spiro atoms. The van der Waals surface area contributed by atoms with Crippen molar-refractivity contribution >= 4 is 11.6 Å². The fourth-order valence-corrected chi connectivity index (χ4v) is 2.62. The number of anilines is 1. The van der Waals surface area contributed by atoms with Crippen LogP contribution < -0.4 is 5.32 Å². The van der Waals surface area contributed by atoms with Gasteiger partial charge in [0, 0.05) is 5.56 Å². The third-order valence-corrected chi connectivity index (χ3v) is 4.19. The van der Waals surface area contributed by atoms with Crippen molar-refractivity contribution in [3.8, 4) is 17.3 Å². The number of amides is 1. The lowest BCUT2D eigenvalue weighted by Crippen LogP contribution is -2.44. The maximum absolute atomic E-state index is 13.0. The number of benzene rings is 1. The second-order valence-electron chi connectivity index (χ2n) is 6.77. The summed E-state index contributed by atoms with van der Waals surface area (Å²) in [6.07, 6.45) is -2.55. The summed E-state index contributed by atoms with van der Waals surface area (Å²) in [5, 5.41) is 29.1. The van der Waals surface area contributed by atoms with E-state index in [0.717, 1.165) is 17.8 Å². The van der Waals surface area contributed by atoms with Gasteiger partial charge in [0.25, 0.3) is 5.91 Å². The van der Waals surface area contributed by atoms with Crippen molar-refractivity contribution in [1.82, 2.24) is 20.0 Å². The third kappa shape index (κ3) is 5.01. The van der Waals surface area contributed by atoms with Crippen LogP contribution in [0, 0.1) is 17.1 Å². The molecule has 3 rings (SSSR count). The van der Waals surface area contributed by atoms with Crippen LogP contribution in [0.4, 0.5) is 23.2 Å². The molecule has 2 heterocycles. The maximum Gasteiger partial charge on any atom is 0.419 e. The summed E-state index contributed by atoms with van der Waals surface area (Å²) in [6, 6.07) is 7.31. The van der Waals surface area contributed by atoms with Crippen LogP contribution in [-0.4, -0.2) is 36.6 Å². The molecule has 0 unspecified atom stereocenters. The second kappa shape index (κ2) is 8.11. The van der Waals surface area contributed by atoms with Crippen LogP contribution in [0.1, 0.15) is 18.2 Å². The van der Waals surface area contributed by atoms with Gasteiger partial charge in [-0.05, 0) is 37.3 Å². The van der Waals surface area contributed by atoms with Gasteiger partial charge in [-0.2, -0.15) is 18.4 Å². The maximum atomic E-state index is 13.0. The first-order valence-corrected chi connectivity index (χ1v) is 8.67. The second-order valence-corrected chi connectivity index (χ2v) is 6.77. The molecule has 160 valence electrons. The number of rotatable bonds is 5. The van der Waals surface area contributed by atoms with Crippen LogP contribution in [0.15, 0.2) is 42.7 Å². The normalized spacial score (nSPS) is 13.3. The highest BCUT2D eigenvalue weighted by atomic mass is 19.4. The summed E-state index contributed by atoms with van der Waals surface area (Å²) in [5.74, 6) is -1.45. The Morgan fingerprint density at radius 3 is 2.58 bits per heavy atom. The highest BCUT2D eigenvalue weighted by Gasteiger charge is 2.36. The Morgan fingerprint density at radius 1 is 1.29 bits per heavy atom. The summed E-state index contributed by atoms with van der Waals surface area (Å²) in [4.78, 5) is 15.8. The van der Waals surface area contributed by atoms with Gasteiger partial charge in [-0.3, -0.25) is 4.79 Å². The van der Waals surface area contributed by atoms with Gasteiger partial charge in [0.15, 0.2) is 11.3 Å². The zero-order valence-electron chi connectivity index (χ0n) is 15.9. The molecule has 0 saturated heterocycles. The van der Waals surface area contributed by atoms with Crippen LogP contribution in [0.2, 0.25) is 0 Å². The predicted octanol–water partition coefficient (Wildman–Crippen LogP) is 2.76. The van der Waals surface area contributed by atoms with Gasteiger partial charge in [-0.15, -0.1) is 5.10 Å². The molecular weight excluding hydrogens is 420 g/mol. The van der Waals surface area contributed by atoms with E-state index in [-0.39, 0.29) is 12.2 Å². The zero-order chi connectivity index (χ0) is 22.8. The number of aromatic nitrogens is 4. The minimum absolute atomic E-state index is 0.345. The number of alkyl halides is 3. The molecule has 1 aromatic carbocycles. The molecule has 31 heavy (non-hydrogen) atoms. The van der Waals surface area contributed by atoms with Gasteiger partial charge in [0.1, 0.15) is 17.6 Å². The molecule has 0 radical (unpaired) electrons. The van der Waals surface area contributed by atoms with Gasteiger partial charge in [-0.1, -0.05) is 5.21 Å². The minimum Gasteiger partial charge on any atom is -0.378 e. The van der Waals surface area contributed by atoms with Crippen LogP contribution in [0.3, 0.4) is 0 Å². The summed E-state index contributed by atoms with van der Waals surface area (Å²) in [6.45, 7) is 0.770. The van der Waals surface area contributed by atoms with Gasteiger partial charge >= 0.3 is 6.18 Å². The van der Waals surface area contributed by atoms with E-state index in [0.29, 0.717) is 17.3 Å². The molecule has 2 aromatic heterocycles. The number of aliphatic hydroxyl groups is 1. The van der Waals surface area contributed by atoms with Crippen molar-refractivity contribution in [2.24, 2.45) is 0 Å². The molecule has 2 N–H and O–H groups in total. The fourth-order valence-electron chi connectivity index (χ4n) is 2.62. The highest BCUT2D eigenvalue weighted by Crippen LogP contribution is 2.32. The molecule has 12 heteroatoms. The Labute approximate surface area is 172 Å². The van der Waals surface area contributed by atoms with Crippen LogP contribution in [-0.2, 0) is 17.5 Å². The van der Waals surface area contributed by atoms with Crippen LogP contribution >= 0.6 is 0 Å². The minimum atomic E-state index is -4.85. The molecule has 0 aliphatic rings. The summed E-state index contributed by atoms with van der Waals surface area (Å²) in [5.41, 5.74) is -3.66. The molecule has 3 aromatic rings. The number of hydrogen-bond acceptors (Lipinski definition) is 6. The Bertz CT molecular complexity index is 1150. The topological polar surface area (TPSA) is 117 Å². The number of pyridine rings is 1. The first-order chi connectivity index (χ1) is 14.5. The number of carbonyl (C=O) groups is 1. The quantitative estimate of drug-likeness (QED) is 0.597. The number of nitrogens with zero attached hydrogens (tertiary/aromatic N) is 5. The number of nitrogens with one attached hydrogen (secondary N) is 1. The monoisotopic (exact) mass is 434 g/mol. The largest absolute Gasteiger partial charge is 0.419 e. The highest BCUT2D eigenvalue weighted by molar-refractivity contribution is 5.96. The molecule has 1 atom stereocenters. The van der Waals surface area contributed by atoms with Crippen molar-refractivity contribution in [2.75, 3.05) is 5.32 Å². The lowest BCUT2D eigenvalue weighted by atomic mass is 10.1. The van der Waals surface area contributed by atoms with Gasteiger partial charge in [-0.25, -0.2) is 14.1 Å². The third-order valence-electron chi connectivity index (χ3n) is 4.19. The van der Waals surface area contributed by atoms with Crippen molar-refractivity contribution in [2.45, 2.75) is 25.2 Å². The average molecular weight is 434 g/mol. The van der Waals surface area contributed by atoms with Crippen molar-refractivity contribution in [3.05, 3.63) is 59.8 Å². The van der Waals surface area contributed by atoms with E-state index in [1.807, 2.05) is 0 Å². The Hall–Kier alpha value is -3.85. The van der Waals surface area contributed by atoms with Crippen molar-refractivity contribution < 1.29 is 27.5 Å². The van der Waals surface area contributed by atoms with Crippen molar-refractivity contribution in [3.63, 3.8) is 0 Å². The zero-order valence-corrected chi connectivity index (χ0v) is 15.9. The predicted molar refractivity (Wildman–Crippen MR) is 98.6 cm³/mol. The van der Waals surface area contributed by atoms with E-state index >= 15 is 0 Å². The van der Waals surface area contributed by atoms with E-state index in [9.17, 15) is 27.5 Å². The standard InChI is InChI=1S/C19H14F4N6O2/c1-18(31,10-29-9-16(27-28-29)11-2-4-12(20)5-3-11)17(30)26-13-6-14(19(21,22)23)15(7-24)25-8-13/h2-6,8-9,31H,10H2,1H3,(H,26,30)/t18-/m0/s1. The van der Waals surface area contributed by atoms with Crippen LogP contribution in [0.5, 0.6) is 0 Å². The lowest BCUT2D eigenvalue weighted by molar-refractivity contribution is -0.138. The van der Waals surface area contributed by atoms with Gasteiger partial charge in [0.2, 0.25) is 0 Å². The lowest BCUT2D eigenvalue weighted by Gasteiger charge is -2.22. The smallest absolute Gasteiger partial charge is 0.378 e. The Morgan fingerprint density at radius 2 is 1.97 bits per heavy atom. The summed E-state index contributed by atoms with van der Waals surface area (Å²) >= 11 is 0. The van der Waals surface area contributed by atoms with E-state index in [1.165, 1.54) is 36.5 Å². The molecule has 0 fully saturated rings. The summed E-state index contributed by atoms with van der Waals surface area (Å²) in [7, 11) is 0. The molecule has 0 aliphatic heterocycles. The summed E-state index contributed by atoms with van der Waals surface area (Å²) < 4.78 is 53.3. The number of hydrogen-bond donors (Lipinski definition) is 2.